The normalized spacial score (nSPS) is 11.9. The second-order valence-electron chi connectivity index (χ2n) is 6.61. The van der Waals surface area contributed by atoms with Crippen molar-refractivity contribution in [2.24, 2.45) is 0 Å². The molecule has 4 aromatic carbocycles. The Balaban J connectivity index is 2.04. The van der Waals surface area contributed by atoms with Gasteiger partial charge in [0.2, 0.25) is 0 Å². The molecule has 1 N–H and O–H groups in total. The molecular formula is C26H22AsO+. The van der Waals surface area contributed by atoms with Crippen molar-refractivity contribution >= 4 is 32.4 Å². The molecule has 0 heterocycles. The number of aliphatic hydroxyl groups excluding tert-OH is 1. The quantitative estimate of drug-likeness (QED) is 0.374. The fraction of sp³-hybridized carbons (Fsp3) is 0. The van der Waals surface area contributed by atoms with Crippen LogP contribution in [0.25, 0.3) is 5.76 Å². The molecule has 0 saturated carbocycles. The van der Waals surface area contributed by atoms with Gasteiger partial charge in [0.1, 0.15) is 0 Å². The van der Waals surface area contributed by atoms with Gasteiger partial charge in [-0.05, 0) is 0 Å². The van der Waals surface area contributed by atoms with Crippen LogP contribution < -0.4 is 13.1 Å². The van der Waals surface area contributed by atoms with Gasteiger partial charge in [-0.15, -0.1) is 0 Å². The molecule has 1 nitrogen and oxygen atoms in total. The number of hydrogen-bond acceptors (Lipinski definition) is 1. The summed E-state index contributed by atoms with van der Waals surface area (Å²) >= 11 is -3.05. The molecule has 0 aromatic heterocycles. The summed E-state index contributed by atoms with van der Waals surface area (Å²) in [7, 11) is 0. The number of aliphatic hydroxyl groups is 1. The molecule has 0 atom stereocenters. The average molecular weight is 425 g/mol. The molecule has 0 spiro atoms. The van der Waals surface area contributed by atoms with Crippen molar-refractivity contribution in [1.29, 1.82) is 0 Å². The molecule has 0 aliphatic carbocycles. The monoisotopic (exact) mass is 425 g/mol. The Labute approximate surface area is 169 Å². The molecule has 0 bridgehead atoms. The van der Waals surface area contributed by atoms with Gasteiger partial charge in [-0.1, -0.05) is 0 Å². The zero-order valence-corrected chi connectivity index (χ0v) is 17.4. The van der Waals surface area contributed by atoms with E-state index < -0.39 is 13.6 Å². The van der Waals surface area contributed by atoms with Crippen LogP contribution in [0.1, 0.15) is 5.56 Å². The third-order valence-corrected chi connectivity index (χ3v) is 13.2. The van der Waals surface area contributed by atoms with Gasteiger partial charge in [0, 0.05) is 0 Å². The molecule has 0 aliphatic rings. The molecule has 0 radical (unpaired) electrons. The molecule has 0 aliphatic heterocycles. The summed E-state index contributed by atoms with van der Waals surface area (Å²) in [4.78, 5) is 2.15. The Morgan fingerprint density at radius 3 is 1.18 bits per heavy atom. The summed E-state index contributed by atoms with van der Waals surface area (Å²) in [6.07, 6.45) is 0. The zero-order valence-electron chi connectivity index (χ0n) is 15.5. The Morgan fingerprint density at radius 2 is 0.821 bits per heavy atom. The van der Waals surface area contributed by atoms with Crippen molar-refractivity contribution in [3.8, 4) is 0 Å². The number of benzene rings is 4. The van der Waals surface area contributed by atoms with E-state index >= 15 is 0 Å². The zero-order chi connectivity index (χ0) is 19.2. The van der Waals surface area contributed by atoms with Gasteiger partial charge in [0.05, 0.1) is 0 Å². The van der Waals surface area contributed by atoms with Crippen LogP contribution in [0.2, 0.25) is 0 Å². The standard InChI is InChI=1S/C26H21AsO/c28-26(22-13-5-1-6-14-22)21-27(23-15-7-2-8-16-23,24-17-9-3-10-18-24)25-19-11-4-12-20-25/h1-21H/p+1. The number of rotatable bonds is 5. The van der Waals surface area contributed by atoms with Crippen LogP contribution in [-0.4, -0.2) is 18.7 Å². The summed E-state index contributed by atoms with van der Waals surface area (Å²) in [6.45, 7) is 0. The van der Waals surface area contributed by atoms with Crippen molar-refractivity contribution < 1.29 is 5.11 Å². The molecular weight excluding hydrogens is 403 g/mol. The molecule has 0 unspecified atom stereocenters. The number of hydrogen-bond donors (Lipinski definition) is 1. The Kier molecular flexibility index (Phi) is 5.46. The molecule has 28 heavy (non-hydrogen) atoms. The topological polar surface area (TPSA) is 20.2 Å². The van der Waals surface area contributed by atoms with Crippen molar-refractivity contribution in [2.45, 2.75) is 0 Å². The maximum absolute atomic E-state index is 11.1. The molecule has 2 heteroatoms. The van der Waals surface area contributed by atoms with Crippen LogP contribution >= 0.6 is 0 Å². The summed E-state index contributed by atoms with van der Waals surface area (Å²) in [5.41, 5.74) is 0.844. The van der Waals surface area contributed by atoms with E-state index in [1.165, 1.54) is 13.1 Å². The van der Waals surface area contributed by atoms with Crippen LogP contribution in [0.5, 0.6) is 0 Å². The van der Waals surface area contributed by atoms with Crippen molar-refractivity contribution in [2.75, 3.05) is 0 Å². The first kappa shape index (κ1) is 18.3. The Hall–Kier alpha value is -3.02. The predicted molar refractivity (Wildman–Crippen MR) is 121 cm³/mol. The predicted octanol–water partition coefficient (Wildman–Crippen LogP) is 4.30. The Bertz CT molecular complexity index is 946. The Morgan fingerprint density at radius 1 is 0.500 bits per heavy atom. The van der Waals surface area contributed by atoms with Crippen LogP contribution in [0.15, 0.2) is 126 Å². The third kappa shape index (κ3) is 3.54. The van der Waals surface area contributed by atoms with E-state index in [1.54, 1.807) is 0 Å². The molecule has 0 amide bonds. The third-order valence-electron chi connectivity index (χ3n) is 4.88. The first-order valence-corrected chi connectivity index (χ1v) is 13.2. The summed E-state index contributed by atoms with van der Waals surface area (Å²) in [5.74, 6) is 0.338. The van der Waals surface area contributed by atoms with Gasteiger partial charge in [-0.3, -0.25) is 0 Å². The molecule has 4 rings (SSSR count). The average Bonchev–Trinajstić information content (AvgIpc) is 2.80. The summed E-state index contributed by atoms with van der Waals surface area (Å²) in [5, 5.41) is 11.1. The summed E-state index contributed by atoms with van der Waals surface area (Å²) in [6, 6.07) is 41.6. The van der Waals surface area contributed by atoms with Gasteiger partial charge in [-0.2, -0.15) is 0 Å². The van der Waals surface area contributed by atoms with Gasteiger partial charge in [0.25, 0.3) is 0 Å². The van der Waals surface area contributed by atoms with Gasteiger partial charge in [-0.25, -0.2) is 0 Å². The minimum absolute atomic E-state index is 0.338. The van der Waals surface area contributed by atoms with Crippen LogP contribution in [-0.2, 0) is 0 Å². The molecule has 0 saturated heterocycles. The SMILES string of the molecule is OC(=C[As+](c1ccccc1)(c1ccccc1)c1ccccc1)c1ccccc1. The van der Waals surface area contributed by atoms with E-state index in [2.05, 4.69) is 77.7 Å². The van der Waals surface area contributed by atoms with E-state index in [0.29, 0.717) is 5.76 Å². The van der Waals surface area contributed by atoms with Crippen LogP contribution in [0.3, 0.4) is 0 Å². The fourth-order valence-corrected chi connectivity index (χ4v) is 11.5. The minimum atomic E-state index is -3.05. The van der Waals surface area contributed by atoms with Crippen LogP contribution in [0.4, 0.5) is 0 Å². The van der Waals surface area contributed by atoms with E-state index in [1.807, 2.05) is 48.5 Å². The molecule has 4 aromatic rings. The van der Waals surface area contributed by atoms with E-state index in [0.717, 1.165) is 5.56 Å². The second kappa shape index (κ2) is 8.33. The molecule has 0 fully saturated rings. The van der Waals surface area contributed by atoms with E-state index in [4.69, 9.17) is 0 Å². The first-order chi connectivity index (χ1) is 13.8. The van der Waals surface area contributed by atoms with E-state index in [-0.39, 0.29) is 0 Å². The van der Waals surface area contributed by atoms with Crippen molar-refractivity contribution in [1.82, 2.24) is 0 Å². The summed E-state index contributed by atoms with van der Waals surface area (Å²) < 4.78 is 3.83. The van der Waals surface area contributed by atoms with Crippen molar-refractivity contribution in [3.63, 3.8) is 0 Å². The van der Waals surface area contributed by atoms with Crippen LogP contribution in [0, 0.1) is 0 Å². The van der Waals surface area contributed by atoms with Gasteiger partial charge >= 0.3 is 169 Å². The first-order valence-electron chi connectivity index (χ1n) is 9.33. The fourth-order valence-electron chi connectivity index (χ4n) is 3.53. The van der Waals surface area contributed by atoms with Crippen molar-refractivity contribution in [3.05, 3.63) is 132 Å². The van der Waals surface area contributed by atoms with Gasteiger partial charge < -0.3 is 0 Å². The maximum atomic E-state index is 11.1. The van der Waals surface area contributed by atoms with E-state index in [9.17, 15) is 5.11 Å². The van der Waals surface area contributed by atoms with Gasteiger partial charge in [0.15, 0.2) is 0 Å². The molecule has 136 valence electrons. The second-order valence-corrected chi connectivity index (χ2v) is 13.4.